The quantitative estimate of drug-likeness (QED) is 0.265. The zero-order valence-electron chi connectivity index (χ0n) is 7.73. The summed E-state index contributed by atoms with van der Waals surface area (Å²) in [6.45, 7) is 1.75. The van der Waals surface area contributed by atoms with Gasteiger partial charge in [-0.1, -0.05) is 5.11 Å². The third-order valence-corrected chi connectivity index (χ3v) is 2.34. The molecule has 0 aromatic carbocycles. The van der Waals surface area contributed by atoms with Crippen LogP contribution in [-0.2, 0) is 0 Å². The van der Waals surface area contributed by atoms with Crippen LogP contribution in [0.4, 0.5) is 0 Å². The van der Waals surface area contributed by atoms with E-state index < -0.39 is 0 Å². The second-order valence-electron chi connectivity index (χ2n) is 2.72. The standard InChI is InChI=1S/C7H16N4S/c1-11(2)5-7-12-6-3-4-9-10-8/h3-7H2,1-2H3. The highest BCUT2D eigenvalue weighted by atomic mass is 32.2. The fourth-order valence-electron chi connectivity index (χ4n) is 0.631. The van der Waals surface area contributed by atoms with Crippen LogP contribution in [0, 0.1) is 0 Å². The van der Waals surface area contributed by atoms with Crippen LogP contribution >= 0.6 is 11.8 Å². The Kier molecular flexibility index (Phi) is 8.44. The van der Waals surface area contributed by atoms with Crippen molar-refractivity contribution in [2.75, 3.05) is 38.7 Å². The molecule has 0 aliphatic carbocycles. The molecule has 5 heteroatoms. The lowest BCUT2D eigenvalue weighted by molar-refractivity contribution is 0.437. The summed E-state index contributed by atoms with van der Waals surface area (Å²) in [7, 11) is 4.14. The molecular formula is C7H16N4S. The molecule has 70 valence electrons. The Morgan fingerprint density at radius 2 is 2.17 bits per heavy atom. The molecule has 0 aliphatic rings. The van der Waals surface area contributed by atoms with Gasteiger partial charge in [0, 0.05) is 23.8 Å². The highest BCUT2D eigenvalue weighted by Crippen LogP contribution is 2.02. The molecule has 0 spiro atoms. The summed E-state index contributed by atoms with van der Waals surface area (Å²) >= 11 is 1.91. The lowest BCUT2D eigenvalue weighted by Crippen LogP contribution is -2.15. The van der Waals surface area contributed by atoms with Crippen LogP contribution in [0.15, 0.2) is 5.11 Å². The second-order valence-corrected chi connectivity index (χ2v) is 3.95. The molecule has 0 aliphatic heterocycles. The zero-order chi connectivity index (χ0) is 9.23. The molecule has 0 radical (unpaired) electrons. The van der Waals surface area contributed by atoms with E-state index in [4.69, 9.17) is 5.53 Å². The summed E-state index contributed by atoms with van der Waals surface area (Å²) in [5.41, 5.74) is 7.99. The third kappa shape index (κ3) is 9.62. The highest BCUT2D eigenvalue weighted by Gasteiger charge is 1.90. The topological polar surface area (TPSA) is 52.0 Å². The van der Waals surface area contributed by atoms with Crippen LogP contribution in [-0.4, -0.2) is 43.6 Å². The number of hydrogen-bond acceptors (Lipinski definition) is 3. The van der Waals surface area contributed by atoms with Crippen LogP contribution in [0.2, 0.25) is 0 Å². The molecule has 0 atom stereocenters. The van der Waals surface area contributed by atoms with E-state index in [2.05, 4.69) is 29.0 Å². The maximum atomic E-state index is 7.99. The molecule has 12 heavy (non-hydrogen) atoms. The number of azide groups is 1. The smallest absolute Gasteiger partial charge is 0.0265 e. The summed E-state index contributed by atoms with van der Waals surface area (Å²) in [6.07, 6.45) is 0.988. The average Bonchev–Trinajstić information content (AvgIpc) is 2.02. The molecule has 0 aromatic rings. The van der Waals surface area contributed by atoms with Crippen LogP contribution in [0.3, 0.4) is 0 Å². The first-order valence-electron chi connectivity index (χ1n) is 4.00. The summed E-state index contributed by atoms with van der Waals surface area (Å²) in [4.78, 5) is 4.86. The van der Waals surface area contributed by atoms with Crippen molar-refractivity contribution in [3.05, 3.63) is 10.4 Å². The van der Waals surface area contributed by atoms with Crippen molar-refractivity contribution >= 4 is 11.8 Å². The van der Waals surface area contributed by atoms with Gasteiger partial charge in [-0.2, -0.15) is 11.8 Å². The van der Waals surface area contributed by atoms with Gasteiger partial charge in [-0.15, -0.1) is 0 Å². The van der Waals surface area contributed by atoms with E-state index in [-0.39, 0.29) is 0 Å². The van der Waals surface area contributed by atoms with Gasteiger partial charge in [0.15, 0.2) is 0 Å². The van der Waals surface area contributed by atoms with Crippen LogP contribution < -0.4 is 0 Å². The van der Waals surface area contributed by atoms with E-state index >= 15 is 0 Å². The number of nitrogens with zero attached hydrogens (tertiary/aromatic N) is 4. The van der Waals surface area contributed by atoms with Gasteiger partial charge in [0.2, 0.25) is 0 Å². The monoisotopic (exact) mass is 188 g/mol. The second kappa shape index (κ2) is 8.71. The molecule has 0 N–H and O–H groups in total. The first-order chi connectivity index (χ1) is 5.77. The molecule has 0 bridgehead atoms. The van der Waals surface area contributed by atoms with E-state index in [1.807, 2.05) is 11.8 Å². The maximum absolute atomic E-state index is 7.99. The van der Waals surface area contributed by atoms with E-state index in [0.717, 1.165) is 24.5 Å². The summed E-state index contributed by atoms with van der Waals surface area (Å²) in [5, 5.41) is 3.46. The van der Waals surface area contributed by atoms with Crippen molar-refractivity contribution in [1.82, 2.24) is 4.90 Å². The molecule has 0 rings (SSSR count). The fraction of sp³-hybridized carbons (Fsp3) is 1.00. The predicted molar refractivity (Wildman–Crippen MR) is 54.5 cm³/mol. The maximum Gasteiger partial charge on any atom is 0.0265 e. The van der Waals surface area contributed by atoms with Crippen molar-refractivity contribution in [3.8, 4) is 0 Å². The Bertz CT molecular complexity index is 142. The number of hydrogen-bond donors (Lipinski definition) is 0. The number of thioether (sulfide) groups is 1. The summed E-state index contributed by atoms with van der Waals surface area (Å²) in [6, 6.07) is 0. The molecule has 4 nitrogen and oxygen atoms in total. The van der Waals surface area contributed by atoms with Gasteiger partial charge in [0.05, 0.1) is 0 Å². The molecule has 0 unspecified atom stereocenters. The SMILES string of the molecule is CN(C)CCSCCCN=[N+]=[N-]. The van der Waals surface area contributed by atoms with Gasteiger partial charge in [-0.3, -0.25) is 0 Å². The molecular weight excluding hydrogens is 172 g/mol. The molecule has 0 saturated heterocycles. The zero-order valence-corrected chi connectivity index (χ0v) is 8.55. The van der Waals surface area contributed by atoms with Crippen molar-refractivity contribution in [1.29, 1.82) is 0 Å². The van der Waals surface area contributed by atoms with Crippen molar-refractivity contribution < 1.29 is 0 Å². The minimum absolute atomic E-state index is 0.630. The first-order valence-corrected chi connectivity index (χ1v) is 5.16. The largest absolute Gasteiger partial charge is 0.309 e. The normalized spacial score (nSPS) is 9.92. The van der Waals surface area contributed by atoms with Crippen molar-refractivity contribution in [3.63, 3.8) is 0 Å². The lowest BCUT2D eigenvalue weighted by atomic mass is 10.5. The molecule has 0 fully saturated rings. The Balaban J connectivity index is 2.95. The Morgan fingerprint density at radius 1 is 1.42 bits per heavy atom. The van der Waals surface area contributed by atoms with E-state index in [9.17, 15) is 0 Å². The van der Waals surface area contributed by atoms with Crippen LogP contribution in [0.5, 0.6) is 0 Å². The van der Waals surface area contributed by atoms with Crippen LogP contribution in [0.1, 0.15) is 6.42 Å². The molecule has 0 amide bonds. The van der Waals surface area contributed by atoms with Gasteiger partial charge >= 0.3 is 0 Å². The summed E-state index contributed by atoms with van der Waals surface area (Å²) in [5.74, 6) is 2.25. The fourth-order valence-corrected chi connectivity index (χ4v) is 1.66. The average molecular weight is 188 g/mol. The minimum atomic E-state index is 0.630. The van der Waals surface area contributed by atoms with Gasteiger partial charge in [-0.05, 0) is 31.8 Å². The Labute approximate surface area is 77.9 Å². The Hall–Kier alpha value is -0.380. The Morgan fingerprint density at radius 3 is 2.75 bits per heavy atom. The molecule has 0 aromatic heterocycles. The van der Waals surface area contributed by atoms with Crippen LogP contribution in [0.25, 0.3) is 10.4 Å². The van der Waals surface area contributed by atoms with E-state index in [1.54, 1.807) is 0 Å². The first kappa shape index (κ1) is 11.6. The van der Waals surface area contributed by atoms with Gasteiger partial charge in [0.1, 0.15) is 0 Å². The lowest BCUT2D eigenvalue weighted by Gasteiger charge is -2.07. The molecule has 0 saturated carbocycles. The summed E-state index contributed by atoms with van der Waals surface area (Å²) < 4.78 is 0. The highest BCUT2D eigenvalue weighted by molar-refractivity contribution is 7.99. The van der Waals surface area contributed by atoms with Gasteiger partial charge in [-0.25, -0.2) is 0 Å². The number of rotatable bonds is 7. The van der Waals surface area contributed by atoms with E-state index in [0.29, 0.717) is 6.54 Å². The van der Waals surface area contributed by atoms with Crippen molar-refractivity contribution in [2.24, 2.45) is 5.11 Å². The predicted octanol–water partition coefficient (Wildman–Crippen LogP) is 1.98. The third-order valence-electron chi connectivity index (χ3n) is 1.29. The van der Waals surface area contributed by atoms with Gasteiger partial charge in [0.25, 0.3) is 0 Å². The van der Waals surface area contributed by atoms with Gasteiger partial charge < -0.3 is 4.90 Å². The minimum Gasteiger partial charge on any atom is -0.309 e. The van der Waals surface area contributed by atoms with E-state index in [1.165, 1.54) is 0 Å². The van der Waals surface area contributed by atoms with Crippen molar-refractivity contribution in [2.45, 2.75) is 6.42 Å². The molecule has 0 heterocycles.